The molecule has 16 heavy (non-hydrogen) atoms. The molecule has 2 N–H and O–H groups in total. The first-order valence-corrected chi connectivity index (χ1v) is 5.99. The van der Waals surface area contributed by atoms with Gasteiger partial charge in [0.2, 0.25) is 0 Å². The summed E-state index contributed by atoms with van der Waals surface area (Å²) < 4.78 is 0. The van der Waals surface area contributed by atoms with E-state index in [0.717, 1.165) is 13.1 Å². The molecule has 88 valence electrons. The molecule has 0 bridgehead atoms. The lowest BCUT2D eigenvalue weighted by Gasteiger charge is -2.25. The van der Waals surface area contributed by atoms with Crippen LogP contribution in [0.3, 0.4) is 0 Å². The molecule has 0 aliphatic heterocycles. The van der Waals surface area contributed by atoms with Gasteiger partial charge in [0.1, 0.15) is 0 Å². The Balaban J connectivity index is 2.66. The fourth-order valence-electron chi connectivity index (χ4n) is 1.83. The zero-order chi connectivity index (χ0) is 11.8. The molecule has 0 saturated carbocycles. The highest BCUT2D eigenvalue weighted by Gasteiger charge is 2.09. The Kier molecular flexibility index (Phi) is 5.83. The number of likely N-dealkylation sites (N-methyl/N-ethyl adjacent to an activating group) is 1. The predicted molar refractivity (Wildman–Crippen MR) is 71.2 cm³/mol. The fraction of sp³-hybridized carbons (Fsp3) is 0.429. The molecule has 0 heterocycles. The minimum atomic E-state index is 0.343. The van der Waals surface area contributed by atoms with Gasteiger partial charge in [-0.2, -0.15) is 0 Å². The smallest absolute Gasteiger partial charge is 0.0403 e. The van der Waals surface area contributed by atoms with Crippen molar-refractivity contribution in [2.24, 2.45) is 5.73 Å². The second kappa shape index (κ2) is 7.20. The molecular weight excluding hydrogens is 196 g/mol. The molecule has 2 nitrogen and oxygen atoms in total. The molecule has 0 saturated heterocycles. The molecule has 1 rings (SSSR count). The SMILES string of the molecule is CCN(CC)C(/C=C\c1ccccc1)CN. The summed E-state index contributed by atoms with van der Waals surface area (Å²) in [5, 5.41) is 0. The van der Waals surface area contributed by atoms with Crippen LogP contribution in [-0.4, -0.2) is 30.6 Å². The van der Waals surface area contributed by atoms with Crippen LogP contribution in [0.1, 0.15) is 19.4 Å². The number of nitrogens with zero attached hydrogens (tertiary/aromatic N) is 1. The highest BCUT2D eigenvalue weighted by molar-refractivity contribution is 5.49. The molecule has 0 fully saturated rings. The third-order valence-corrected chi connectivity index (χ3v) is 2.83. The van der Waals surface area contributed by atoms with Gasteiger partial charge >= 0.3 is 0 Å². The van der Waals surface area contributed by atoms with Crippen LogP contribution < -0.4 is 5.73 Å². The van der Waals surface area contributed by atoms with Crippen LogP contribution in [0.5, 0.6) is 0 Å². The average Bonchev–Trinajstić information content (AvgIpc) is 2.35. The van der Waals surface area contributed by atoms with Crippen LogP contribution in [0.4, 0.5) is 0 Å². The standard InChI is InChI=1S/C14H22N2/c1-3-16(4-2)14(12-15)11-10-13-8-6-5-7-9-13/h5-11,14H,3-4,12,15H2,1-2H3/b11-10-. The van der Waals surface area contributed by atoms with E-state index >= 15 is 0 Å². The lowest BCUT2D eigenvalue weighted by molar-refractivity contribution is 0.259. The van der Waals surface area contributed by atoms with Crippen molar-refractivity contribution in [3.63, 3.8) is 0 Å². The molecule has 0 aliphatic carbocycles. The summed E-state index contributed by atoms with van der Waals surface area (Å²) >= 11 is 0. The van der Waals surface area contributed by atoms with Crippen molar-refractivity contribution in [2.75, 3.05) is 19.6 Å². The first kappa shape index (κ1) is 12.9. The molecule has 1 atom stereocenters. The van der Waals surface area contributed by atoms with Crippen LogP contribution in [0.15, 0.2) is 36.4 Å². The zero-order valence-electron chi connectivity index (χ0n) is 10.3. The second-order valence-electron chi connectivity index (χ2n) is 3.79. The molecule has 0 spiro atoms. The maximum Gasteiger partial charge on any atom is 0.0403 e. The molecule has 0 radical (unpaired) electrons. The van der Waals surface area contributed by atoms with Gasteiger partial charge in [-0.05, 0) is 18.7 Å². The minimum Gasteiger partial charge on any atom is -0.329 e. The second-order valence-corrected chi connectivity index (χ2v) is 3.79. The average molecular weight is 218 g/mol. The summed E-state index contributed by atoms with van der Waals surface area (Å²) in [5.74, 6) is 0. The molecule has 0 amide bonds. The van der Waals surface area contributed by atoms with Gasteiger partial charge in [0.15, 0.2) is 0 Å². The van der Waals surface area contributed by atoms with Gasteiger partial charge in [-0.25, -0.2) is 0 Å². The van der Waals surface area contributed by atoms with E-state index in [9.17, 15) is 0 Å². The Morgan fingerprint density at radius 3 is 2.31 bits per heavy atom. The summed E-state index contributed by atoms with van der Waals surface area (Å²) in [5.41, 5.74) is 7.03. The monoisotopic (exact) mass is 218 g/mol. The highest BCUT2D eigenvalue weighted by atomic mass is 15.1. The van der Waals surface area contributed by atoms with Crippen molar-refractivity contribution in [3.8, 4) is 0 Å². The van der Waals surface area contributed by atoms with Gasteiger partial charge in [0, 0.05) is 12.6 Å². The van der Waals surface area contributed by atoms with Crippen molar-refractivity contribution in [1.82, 2.24) is 4.90 Å². The van der Waals surface area contributed by atoms with E-state index in [-0.39, 0.29) is 0 Å². The topological polar surface area (TPSA) is 29.3 Å². The van der Waals surface area contributed by atoms with E-state index in [4.69, 9.17) is 5.73 Å². The van der Waals surface area contributed by atoms with Crippen molar-refractivity contribution in [2.45, 2.75) is 19.9 Å². The van der Waals surface area contributed by atoms with Gasteiger partial charge in [-0.15, -0.1) is 0 Å². The summed E-state index contributed by atoms with van der Waals surface area (Å²) in [7, 11) is 0. The number of hydrogen-bond acceptors (Lipinski definition) is 2. The molecule has 1 aromatic carbocycles. The normalized spacial score (nSPS) is 13.5. The maximum absolute atomic E-state index is 5.80. The molecule has 2 heteroatoms. The van der Waals surface area contributed by atoms with Crippen LogP contribution in [-0.2, 0) is 0 Å². The zero-order valence-corrected chi connectivity index (χ0v) is 10.3. The Hall–Kier alpha value is -1.12. The van der Waals surface area contributed by atoms with Crippen LogP contribution in [0.25, 0.3) is 6.08 Å². The third-order valence-electron chi connectivity index (χ3n) is 2.83. The van der Waals surface area contributed by atoms with E-state index in [1.807, 2.05) is 6.07 Å². The van der Waals surface area contributed by atoms with Gasteiger partial charge in [-0.3, -0.25) is 4.90 Å². The third kappa shape index (κ3) is 3.80. The summed E-state index contributed by atoms with van der Waals surface area (Å²) in [4.78, 5) is 2.36. The Labute approximate surface area is 98.8 Å². The molecular formula is C14H22N2. The van der Waals surface area contributed by atoms with Crippen molar-refractivity contribution in [1.29, 1.82) is 0 Å². The van der Waals surface area contributed by atoms with Crippen LogP contribution in [0.2, 0.25) is 0 Å². The predicted octanol–water partition coefficient (Wildman–Crippen LogP) is 2.37. The fourth-order valence-corrected chi connectivity index (χ4v) is 1.83. The van der Waals surface area contributed by atoms with Crippen molar-refractivity contribution in [3.05, 3.63) is 42.0 Å². The van der Waals surface area contributed by atoms with E-state index in [0.29, 0.717) is 12.6 Å². The number of benzene rings is 1. The van der Waals surface area contributed by atoms with Gasteiger partial charge < -0.3 is 5.73 Å². The Bertz CT molecular complexity index is 302. The molecule has 1 aromatic rings. The summed E-state index contributed by atoms with van der Waals surface area (Å²) in [6, 6.07) is 10.7. The lowest BCUT2D eigenvalue weighted by Crippen LogP contribution is -2.38. The first-order chi connectivity index (χ1) is 7.81. The van der Waals surface area contributed by atoms with Gasteiger partial charge in [-0.1, -0.05) is 56.3 Å². The molecule has 0 aromatic heterocycles. The Morgan fingerprint density at radius 1 is 1.19 bits per heavy atom. The summed E-state index contributed by atoms with van der Waals surface area (Å²) in [6.45, 7) is 7.09. The number of rotatable bonds is 6. The molecule has 0 aliphatic rings. The van der Waals surface area contributed by atoms with Crippen LogP contribution >= 0.6 is 0 Å². The van der Waals surface area contributed by atoms with E-state index in [1.54, 1.807) is 0 Å². The number of nitrogens with two attached hydrogens (primary N) is 1. The Morgan fingerprint density at radius 2 is 1.81 bits per heavy atom. The highest BCUT2D eigenvalue weighted by Crippen LogP contribution is 2.05. The quantitative estimate of drug-likeness (QED) is 0.794. The minimum absolute atomic E-state index is 0.343. The van der Waals surface area contributed by atoms with Gasteiger partial charge in [0.25, 0.3) is 0 Å². The lowest BCUT2D eigenvalue weighted by atomic mass is 10.1. The van der Waals surface area contributed by atoms with E-state index in [1.165, 1.54) is 5.56 Å². The molecule has 1 unspecified atom stereocenters. The van der Waals surface area contributed by atoms with Gasteiger partial charge in [0.05, 0.1) is 0 Å². The largest absolute Gasteiger partial charge is 0.329 e. The maximum atomic E-state index is 5.80. The van der Waals surface area contributed by atoms with E-state index in [2.05, 4.69) is 55.2 Å². The van der Waals surface area contributed by atoms with Crippen molar-refractivity contribution < 1.29 is 0 Å². The van der Waals surface area contributed by atoms with Crippen molar-refractivity contribution >= 4 is 6.08 Å². The first-order valence-electron chi connectivity index (χ1n) is 5.99. The van der Waals surface area contributed by atoms with Crippen LogP contribution in [0, 0.1) is 0 Å². The van der Waals surface area contributed by atoms with E-state index < -0.39 is 0 Å². The number of hydrogen-bond donors (Lipinski definition) is 1. The summed E-state index contributed by atoms with van der Waals surface area (Å²) in [6.07, 6.45) is 4.35.